The number of methoxy groups -OCH3 is 1. The summed E-state index contributed by atoms with van der Waals surface area (Å²) in [6, 6.07) is 11.8. The number of nitrogens with zero attached hydrogens (tertiary/aromatic N) is 2. The first kappa shape index (κ1) is 23.4. The average Bonchev–Trinajstić information content (AvgIpc) is 2.85. The minimum absolute atomic E-state index is 0.101. The zero-order valence-electron chi connectivity index (χ0n) is 18.8. The summed E-state index contributed by atoms with van der Waals surface area (Å²) in [5, 5.41) is 3.49. The predicted molar refractivity (Wildman–Crippen MR) is 125 cm³/mol. The van der Waals surface area contributed by atoms with Crippen molar-refractivity contribution in [3.8, 4) is 11.5 Å². The molecule has 1 saturated heterocycles. The van der Waals surface area contributed by atoms with E-state index < -0.39 is 6.04 Å². The van der Waals surface area contributed by atoms with Gasteiger partial charge in [0.15, 0.2) is 11.5 Å². The van der Waals surface area contributed by atoms with Crippen LogP contribution in [-0.2, 0) is 14.3 Å². The lowest BCUT2D eigenvalue weighted by atomic mass is 10.0. The minimum atomic E-state index is -0.576. The molecule has 0 bridgehead atoms. The largest absolute Gasteiger partial charge is 0.486 e. The number of ether oxygens (including phenoxy) is 3. The highest BCUT2D eigenvalue weighted by Crippen LogP contribution is 2.33. The number of carbonyl (C=O) groups excluding carboxylic acids is 2. The van der Waals surface area contributed by atoms with Crippen LogP contribution in [-0.4, -0.2) is 74.2 Å². The molecule has 1 amide bonds. The first-order valence-electron chi connectivity index (χ1n) is 11.0. The number of rotatable bonds is 6. The number of esters is 1. The third kappa shape index (κ3) is 5.24. The Hall–Kier alpha value is -2.81. The fourth-order valence-electron chi connectivity index (χ4n) is 4.20. The van der Waals surface area contributed by atoms with Crippen molar-refractivity contribution in [3.05, 3.63) is 53.1 Å². The highest BCUT2D eigenvalue weighted by Gasteiger charge is 2.34. The van der Waals surface area contributed by atoms with E-state index in [1.807, 2.05) is 25.1 Å². The van der Waals surface area contributed by atoms with Gasteiger partial charge in [-0.05, 0) is 30.7 Å². The summed E-state index contributed by atoms with van der Waals surface area (Å²) < 4.78 is 16.2. The van der Waals surface area contributed by atoms with Crippen LogP contribution in [0.25, 0.3) is 0 Å². The Kier molecular flexibility index (Phi) is 7.37. The monoisotopic (exact) mass is 473 g/mol. The van der Waals surface area contributed by atoms with Crippen LogP contribution >= 0.6 is 11.6 Å². The van der Waals surface area contributed by atoms with Crippen molar-refractivity contribution in [1.82, 2.24) is 9.80 Å². The Labute approximate surface area is 198 Å². The van der Waals surface area contributed by atoms with Crippen LogP contribution in [0.1, 0.15) is 18.5 Å². The van der Waals surface area contributed by atoms with Gasteiger partial charge in [-0.1, -0.05) is 29.8 Å². The molecule has 2 aromatic carbocycles. The molecule has 176 valence electrons. The van der Waals surface area contributed by atoms with Crippen molar-refractivity contribution in [1.29, 1.82) is 0 Å². The van der Waals surface area contributed by atoms with Crippen LogP contribution in [0.2, 0.25) is 5.02 Å². The normalized spacial score (nSPS) is 18.3. The van der Waals surface area contributed by atoms with E-state index in [1.165, 1.54) is 7.11 Å². The molecule has 0 saturated carbocycles. The Bertz CT molecular complexity index is 1010. The molecule has 0 spiro atoms. The maximum atomic E-state index is 12.9. The van der Waals surface area contributed by atoms with E-state index in [4.69, 9.17) is 25.8 Å². The predicted octanol–water partition coefficient (Wildman–Crippen LogP) is 2.97. The van der Waals surface area contributed by atoms with E-state index in [1.54, 1.807) is 24.3 Å². The van der Waals surface area contributed by atoms with Crippen LogP contribution in [0, 0.1) is 0 Å². The Morgan fingerprint density at radius 2 is 1.67 bits per heavy atom. The van der Waals surface area contributed by atoms with Gasteiger partial charge in [0.2, 0.25) is 5.91 Å². The van der Waals surface area contributed by atoms with E-state index >= 15 is 0 Å². The number of carbonyl (C=O) groups is 2. The van der Waals surface area contributed by atoms with Gasteiger partial charge in [0.25, 0.3) is 0 Å². The van der Waals surface area contributed by atoms with E-state index in [0.717, 1.165) is 5.56 Å². The minimum Gasteiger partial charge on any atom is -0.486 e. The fraction of sp³-hybridized carbons (Fsp3) is 0.417. The van der Waals surface area contributed by atoms with Gasteiger partial charge in [-0.25, -0.2) is 4.79 Å². The molecule has 8 nitrogen and oxygen atoms in total. The maximum Gasteiger partial charge on any atom is 0.327 e. The second kappa shape index (κ2) is 10.4. The molecule has 0 radical (unpaired) electrons. The molecule has 0 aliphatic carbocycles. The first-order chi connectivity index (χ1) is 16.0. The second-order valence-electron chi connectivity index (χ2n) is 8.04. The zero-order valence-corrected chi connectivity index (χ0v) is 19.5. The number of hydrogen-bond donors (Lipinski definition) is 1. The number of amides is 1. The molecule has 4 rings (SSSR count). The standard InChI is InChI=1S/C24H28ClN3O5/c1-16(23(29)26-17-7-8-20-21(15-17)33-14-13-32-20)27-9-11-28(12-10-27)22(24(30)31-2)18-5-3-4-6-19(18)25/h3-8,15-16,22H,9-14H2,1-2H3,(H,26,29). The molecule has 2 aliphatic rings. The van der Waals surface area contributed by atoms with Crippen molar-refractivity contribution in [2.75, 3.05) is 51.8 Å². The number of halogens is 1. The van der Waals surface area contributed by atoms with Gasteiger partial charge in [-0.3, -0.25) is 14.6 Å². The summed E-state index contributed by atoms with van der Waals surface area (Å²) in [7, 11) is 1.38. The quantitative estimate of drug-likeness (QED) is 0.646. The van der Waals surface area contributed by atoms with Crippen LogP contribution in [0.3, 0.4) is 0 Å². The molecule has 2 unspecified atom stereocenters. The SMILES string of the molecule is COC(=O)C(c1ccccc1Cl)N1CCN(C(C)C(=O)Nc2ccc3c(c2)OCCO3)CC1. The van der Waals surface area contributed by atoms with Gasteiger partial charge < -0.3 is 19.5 Å². The van der Waals surface area contributed by atoms with E-state index in [-0.39, 0.29) is 17.9 Å². The van der Waals surface area contributed by atoms with Crippen LogP contribution in [0.4, 0.5) is 5.69 Å². The van der Waals surface area contributed by atoms with Crippen molar-refractivity contribution >= 4 is 29.2 Å². The molecule has 1 fully saturated rings. The van der Waals surface area contributed by atoms with Gasteiger partial charge in [0.1, 0.15) is 19.3 Å². The molecule has 2 aromatic rings. The third-order valence-corrected chi connectivity index (χ3v) is 6.42. The number of hydrogen-bond acceptors (Lipinski definition) is 7. The molecule has 33 heavy (non-hydrogen) atoms. The number of benzene rings is 2. The topological polar surface area (TPSA) is 80.3 Å². The van der Waals surface area contributed by atoms with E-state index in [0.29, 0.717) is 61.6 Å². The van der Waals surface area contributed by atoms with Gasteiger partial charge >= 0.3 is 5.97 Å². The Balaban J connectivity index is 1.38. The summed E-state index contributed by atoms with van der Waals surface area (Å²) in [6.45, 7) is 5.37. The maximum absolute atomic E-state index is 12.9. The molecular weight excluding hydrogens is 446 g/mol. The highest BCUT2D eigenvalue weighted by molar-refractivity contribution is 6.31. The highest BCUT2D eigenvalue weighted by atomic mass is 35.5. The lowest BCUT2D eigenvalue weighted by Gasteiger charge is -2.40. The second-order valence-corrected chi connectivity index (χ2v) is 8.45. The first-order valence-corrected chi connectivity index (χ1v) is 11.4. The molecule has 1 N–H and O–H groups in total. The van der Waals surface area contributed by atoms with Crippen molar-refractivity contribution in [2.24, 2.45) is 0 Å². The van der Waals surface area contributed by atoms with Gasteiger partial charge in [-0.2, -0.15) is 0 Å². The van der Waals surface area contributed by atoms with Gasteiger partial charge in [-0.15, -0.1) is 0 Å². The molecule has 2 heterocycles. The van der Waals surface area contributed by atoms with Crippen molar-refractivity contribution in [3.63, 3.8) is 0 Å². The van der Waals surface area contributed by atoms with Gasteiger partial charge in [0, 0.05) is 43.0 Å². The number of fused-ring (bicyclic) bond motifs is 1. The summed E-state index contributed by atoms with van der Waals surface area (Å²) in [6.07, 6.45) is 0. The van der Waals surface area contributed by atoms with Gasteiger partial charge in [0.05, 0.1) is 13.2 Å². The molecular formula is C24H28ClN3O5. The van der Waals surface area contributed by atoms with E-state index in [2.05, 4.69) is 15.1 Å². The summed E-state index contributed by atoms with van der Waals surface area (Å²) >= 11 is 6.37. The lowest BCUT2D eigenvalue weighted by molar-refractivity contribution is -0.148. The zero-order chi connectivity index (χ0) is 23.4. The average molecular weight is 474 g/mol. The summed E-state index contributed by atoms with van der Waals surface area (Å²) in [5.74, 6) is 0.868. The van der Waals surface area contributed by atoms with Crippen LogP contribution < -0.4 is 14.8 Å². The molecule has 9 heteroatoms. The third-order valence-electron chi connectivity index (χ3n) is 6.08. The lowest BCUT2D eigenvalue weighted by Crippen LogP contribution is -2.54. The van der Waals surface area contributed by atoms with Crippen LogP contribution in [0.15, 0.2) is 42.5 Å². The molecule has 2 aliphatic heterocycles. The van der Waals surface area contributed by atoms with Crippen molar-refractivity contribution < 1.29 is 23.8 Å². The Morgan fingerprint density at radius 1 is 1.00 bits per heavy atom. The van der Waals surface area contributed by atoms with E-state index in [9.17, 15) is 9.59 Å². The number of nitrogens with one attached hydrogen (secondary N) is 1. The fourth-order valence-corrected chi connectivity index (χ4v) is 4.44. The molecule has 0 aromatic heterocycles. The molecule has 2 atom stereocenters. The number of piperazine rings is 1. The number of anilines is 1. The van der Waals surface area contributed by atoms with Crippen LogP contribution in [0.5, 0.6) is 11.5 Å². The summed E-state index contributed by atoms with van der Waals surface area (Å²) in [4.78, 5) is 29.6. The van der Waals surface area contributed by atoms with Crippen molar-refractivity contribution in [2.45, 2.75) is 19.0 Å². The summed E-state index contributed by atoms with van der Waals surface area (Å²) in [5.41, 5.74) is 1.39. The smallest absolute Gasteiger partial charge is 0.327 e. The Morgan fingerprint density at radius 3 is 2.36 bits per heavy atom.